The zero-order valence-corrected chi connectivity index (χ0v) is 12.0. The van der Waals surface area contributed by atoms with Gasteiger partial charge in [0.25, 0.3) is 0 Å². The fourth-order valence-corrected chi connectivity index (χ4v) is 3.42. The van der Waals surface area contributed by atoms with E-state index in [2.05, 4.69) is 15.3 Å². The number of ether oxygens (including phenoxy) is 1. The first kappa shape index (κ1) is 14.3. The zero-order chi connectivity index (χ0) is 14.7. The number of carboxylic acids is 1. The maximum atomic E-state index is 10.8. The Bertz CT molecular complexity index is 492. The predicted molar refractivity (Wildman–Crippen MR) is 77.4 cm³/mol. The summed E-state index contributed by atoms with van der Waals surface area (Å²) in [5.74, 6) is -0.417. The summed E-state index contributed by atoms with van der Waals surface area (Å²) in [5, 5.41) is 12.2. The van der Waals surface area contributed by atoms with E-state index in [0.29, 0.717) is 11.9 Å². The molecule has 1 saturated carbocycles. The summed E-state index contributed by atoms with van der Waals surface area (Å²) >= 11 is 0. The molecule has 114 valence electrons. The van der Waals surface area contributed by atoms with Crippen molar-refractivity contribution < 1.29 is 14.6 Å². The van der Waals surface area contributed by atoms with E-state index < -0.39 is 5.97 Å². The largest absolute Gasteiger partial charge is 0.476 e. The minimum absolute atomic E-state index is 0.0312. The number of rotatable bonds is 3. The smallest absolute Gasteiger partial charge is 0.356 e. The number of carbonyl (C=O) groups is 1. The van der Waals surface area contributed by atoms with Crippen molar-refractivity contribution in [2.45, 2.75) is 56.6 Å². The minimum Gasteiger partial charge on any atom is -0.476 e. The van der Waals surface area contributed by atoms with Crippen molar-refractivity contribution >= 4 is 11.8 Å². The fourth-order valence-electron chi connectivity index (χ4n) is 3.42. The highest BCUT2D eigenvalue weighted by Crippen LogP contribution is 2.39. The van der Waals surface area contributed by atoms with Gasteiger partial charge in [0.1, 0.15) is 5.82 Å². The quantitative estimate of drug-likeness (QED) is 0.890. The van der Waals surface area contributed by atoms with Gasteiger partial charge in [0.15, 0.2) is 5.69 Å². The van der Waals surface area contributed by atoms with Gasteiger partial charge in [-0.25, -0.2) is 14.8 Å². The Hall–Kier alpha value is -1.69. The molecule has 0 aromatic carbocycles. The highest BCUT2D eigenvalue weighted by Gasteiger charge is 2.38. The van der Waals surface area contributed by atoms with Gasteiger partial charge in [0.2, 0.25) is 0 Å². The Morgan fingerprint density at radius 3 is 2.76 bits per heavy atom. The van der Waals surface area contributed by atoms with Gasteiger partial charge in [-0.1, -0.05) is 19.3 Å². The minimum atomic E-state index is -1.05. The SMILES string of the molecule is O=C(O)c1cnc(NC2CCOC3(CCCCC3)C2)cn1. The molecule has 1 unspecified atom stereocenters. The first-order valence-electron chi connectivity index (χ1n) is 7.63. The highest BCUT2D eigenvalue weighted by molar-refractivity contribution is 5.84. The second kappa shape index (κ2) is 5.97. The Labute approximate surface area is 123 Å². The van der Waals surface area contributed by atoms with E-state index in [1.807, 2.05) is 0 Å². The Morgan fingerprint density at radius 2 is 2.10 bits per heavy atom. The van der Waals surface area contributed by atoms with Gasteiger partial charge < -0.3 is 15.2 Å². The molecule has 1 atom stereocenters. The van der Waals surface area contributed by atoms with Crippen molar-refractivity contribution in [1.29, 1.82) is 0 Å². The molecule has 1 aromatic heterocycles. The fraction of sp³-hybridized carbons (Fsp3) is 0.667. The van der Waals surface area contributed by atoms with Gasteiger partial charge in [-0.15, -0.1) is 0 Å². The molecule has 0 amide bonds. The van der Waals surface area contributed by atoms with Crippen LogP contribution in [-0.4, -0.2) is 39.3 Å². The highest BCUT2D eigenvalue weighted by atomic mass is 16.5. The molecule has 3 rings (SSSR count). The molecule has 0 radical (unpaired) electrons. The maximum absolute atomic E-state index is 10.8. The lowest BCUT2D eigenvalue weighted by Crippen LogP contribution is -2.45. The number of hydrogen-bond acceptors (Lipinski definition) is 5. The van der Waals surface area contributed by atoms with E-state index in [0.717, 1.165) is 32.3 Å². The lowest BCUT2D eigenvalue weighted by atomic mass is 9.78. The van der Waals surface area contributed by atoms with Gasteiger partial charge >= 0.3 is 5.97 Å². The molecule has 6 nitrogen and oxygen atoms in total. The zero-order valence-electron chi connectivity index (χ0n) is 12.0. The second-order valence-corrected chi connectivity index (χ2v) is 6.02. The van der Waals surface area contributed by atoms with Crippen LogP contribution in [0.1, 0.15) is 55.4 Å². The second-order valence-electron chi connectivity index (χ2n) is 6.02. The van der Waals surface area contributed by atoms with Crippen molar-refractivity contribution in [1.82, 2.24) is 9.97 Å². The third kappa shape index (κ3) is 3.32. The summed E-state index contributed by atoms with van der Waals surface area (Å²) in [6.45, 7) is 0.776. The number of nitrogens with zero attached hydrogens (tertiary/aromatic N) is 2. The Kier molecular flexibility index (Phi) is 4.05. The summed E-state index contributed by atoms with van der Waals surface area (Å²) < 4.78 is 6.07. The number of hydrogen-bond donors (Lipinski definition) is 2. The molecule has 2 heterocycles. The molecule has 1 aliphatic heterocycles. The lowest BCUT2D eigenvalue weighted by molar-refractivity contribution is -0.103. The normalized spacial score (nSPS) is 24.7. The molecule has 1 saturated heterocycles. The van der Waals surface area contributed by atoms with E-state index in [4.69, 9.17) is 9.84 Å². The molecular weight excluding hydrogens is 270 g/mol. The molecule has 2 N–H and O–H groups in total. The molecule has 21 heavy (non-hydrogen) atoms. The van der Waals surface area contributed by atoms with Crippen LogP contribution in [-0.2, 0) is 4.74 Å². The molecule has 2 aliphatic rings. The monoisotopic (exact) mass is 291 g/mol. The van der Waals surface area contributed by atoms with Crippen LogP contribution in [0.15, 0.2) is 12.4 Å². The van der Waals surface area contributed by atoms with E-state index >= 15 is 0 Å². The number of nitrogens with one attached hydrogen (secondary N) is 1. The summed E-state index contributed by atoms with van der Waals surface area (Å²) in [6, 6.07) is 0.321. The molecule has 1 aromatic rings. The van der Waals surface area contributed by atoms with Gasteiger partial charge in [-0.3, -0.25) is 0 Å². The van der Waals surface area contributed by atoms with E-state index in [9.17, 15) is 4.79 Å². The summed E-state index contributed by atoms with van der Waals surface area (Å²) in [7, 11) is 0. The molecule has 2 fully saturated rings. The first-order chi connectivity index (χ1) is 10.2. The average Bonchev–Trinajstić information content (AvgIpc) is 2.49. The third-order valence-electron chi connectivity index (χ3n) is 4.48. The van der Waals surface area contributed by atoms with Crippen molar-refractivity contribution in [2.75, 3.05) is 11.9 Å². The van der Waals surface area contributed by atoms with Crippen LogP contribution in [0.2, 0.25) is 0 Å². The van der Waals surface area contributed by atoms with Crippen molar-refractivity contribution in [3.63, 3.8) is 0 Å². The summed E-state index contributed by atoms with van der Waals surface area (Å²) in [4.78, 5) is 18.8. The molecule has 1 aliphatic carbocycles. The number of aromatic nitrogens is 2. The van der Waals surface area contributed by atoms with Gasteiger partial charge in [0, 0.05) is 12.6 Å². The summed E-state index contributed by atoms with van der Waals surface area (Å²) in [5.41, 5.74) is 0.0130. The van der Waals surface area contributed by atoms with Crippen LogP contribution >= 0.6 is 0 Å². The van der Waals surface area contributed by atoms with E-state index in [1.54, 1.807) is 0 Å². The van der Waals surface area contributed by atoms with Crippen LogP contribution in [0, 0.1) is 0 Å². The molecular formula is C15H21N3O3. The number of aromatic carboxylic acids is 1. The van der Waals surface area contributed by atoms with E-state index in [1.165, 1.54) is 31.7 Å². The van der Waals surface area contributed by atoms with Crippen LogP contribution in [0.5, 0.6) is 0 Å². The predicted octanol–water partition coefficient (Wildman–Crippen LogP) is 2.47. The van der Waals surface area contributed by atoms with Crippen LogP contribution in [0.4, 0.5) is 5.82 Å². The topological polar surface area (TPSA) is 84.3 Å². The van der Waals surface area contributed by atoms with Crippen LogP contribution < -0.4 is 5.32 Å². The van der Waals surface area contributed by atoms with Crippen molar-refractivity contribution in [2.24, 2.45) is 0 Å². The molecule has 0 bridgehead atoms. The van der Waals surface area contributed by atoms with Gasteiger partial charge in [-0.2, -0.15) is 0 Å². The van der Waals surface area contributed by atoms with Crippen LogP contribution in [0.25, 0.3) is 0 Å². The number of carboxylic acid groups (broad SMARTS) is 1. The van der Waals surface area contributed by atoms with E-state index in [-0.39, 0.29) is 11.3 Å². The lowest BCUT2D eigenvalue weighted by Gasteiger charge is -2.43. The average molecular weight is 291 g/mol. The Balaban J connectivity index is 1.62. The van der Waals surface area contributed by atoms with Crippen LogP contribution in [0.3, 0.4) is 0 Å². The third-order valence-corrected chi connectivity index (χ3v) is 4.48. The van der Waals surface area contributed by atoms with Gasteiger partial charge in [0.05, 0.1) is 18.0 Å². The molecule has 1 spiro atoms. The summed E-state index contributed by atoms with van der Waals surface area (Å²) in [6.07, 6.45) is 10.8. The van der Waals surface area contributed by atoms with Crippen molar-refractivity contribution in [3.8, 4) is 0 Å². The maximum Gasteiger partial charge on any atom is 0.356 e. The molecule has 6 heteroatoms. The number of anilines is 1. The standard InChI is InChI=1S/C15H21N3O3/c19-14(20)12-9-17-13(10-16-12)18-11-4-7-21-15(8-11)5-2-1-3-6-15/h9-11H,1-8H2,(H,17,18)(H,19,20). The van der Waals surface area contributed by atoms with Gasteiger partial charge in [-0.05, 0) is 25.7 Å². The Morgan fingerprint density at radius 1 is 1.29 bits per heavy atom. The van der Waals surface area contributed by atoms with Crippen molar-refractivity contribution in [3.05, 3.63) is 18.1 Å². The first-order valence-corrected chi connectivity index (χ1v) is 7.63.